The Balaban J connectivity index is 2.52. The van der Waals surface area contributed by atoms with E-state index in [0.29, 0.717) is 10.0 Å². The van der Waals surface area contributed by atoms with Gasteiger partial charge in [-0.3, -0.25) is 0 Å². The Kier molecular flexibility index (Phi) is 5.02. The smallest absolute Gasteiger partial charge is 0.103 e. The van der Waals surface area contributed by atoms with Crippen molar-refractivity contribution in [2.24, 2.45) is 0 Å². The lowest BCUT2D eigenvalue weighted by Gasteiger charge is -2.13. The lowest BCUT2D eigenvalue weighted by molar-refractivity contribution is 0.555. The summed E-state index contributed by atoms with van der Waals surface area (Å²) >= 11 is 12.1. The van der Waals surface area contributed by atoms with Crippen LogP contribution in [0.3, 0.4) is 0 Å². The van der Waals surface area contributed by atoms with Crippen LogP contribution < -0.4 is 5.32 Å². The molecule has 2 aromatic rings. The van der Waals surface area contributed by atoms with E-state index in [4.69, 9.17) is 23.2 Å². The van der Waals surface area contributed by atoms with E-state index in [9.17, 15) is 0 Å². The van der Waals surface area contributed by atoms with Crippen LogP contribution in [0.15, 0.2) is 18.2 Å². The van der Waals surface area contributed by atoms with E-state index in [-0.39, 0.29) is 6.04 Å². The third kappa shape index (κ3) is 2.97. The van der Waals surface area contributed by atoms with E-state index in [1.54, 1.807) is 6.07 Å². The second-order valence-electron chi connectivity index (χ2n) is 4.56. The van der Waals surface area contributed by atoms with Crippen LogP contribution in [0.1, 0.15) is 37.7 Å². The minimum atomic E-state index is 0.202. The normalized spacial score (nSPS) is 12.7. The predicted molar refractivity (Wildman–Crippen MR) is 82.8 cm³/mol. The summed E-state index contributed by atoms with van der Waals surface area (Å²) in [4.78, 5) is 0. The molecule has 0 radical (unpaired) electrons. The highest BCUT2D eigenvalue weighted by Crippen LogP contribution is 2.25. The second-order valence-corrected chi connectivity index (χ2v) is 5.44. The number of benzene rings is 1. The van der Waals surface area contributed by atoms with Gasteiger partial charge in [-0.15, -0.1) is 5.10 Å². The van der Waals surface area contributed by atoms with Gasteiger partial charge >= 0.3 is 0 Å². The Labute approximate surface area is 129 Å². The molecule has 1 aromatic heterocycles. The molecule has 0 aliphatic heterocycles. The van der Waals surface area contributed by atoms with E-state index in [0.717, 1.165) is 29.9 Å². The average Bonchev–Trinajstić information content (AvgIpc) is 2.83. The largest absolute Gasteiger partial charge is 0.312 e. The zero-order valence-electron chi connectivity index (χ0n) is 11.8. The monoisotopic (exact) mass is 312 g/mol. The zero-order valence-corrected chi connectivity index (χ0v) is 13.3. The second kappa shape index (κ2) is 6.57. The fraction of sp³-hybridized carbons (Fsp3) is 0.429. The van der Waals surface area contributed by atoms with Gasteiger partial charge in [-0.25, -0.2) is 4.68 Å². The van der Waals surface area contributed by atoms with E-state index in [2.05, 4.69) is 29.5 Å². The highest BCUT2D eigenvalue weighted by Gasteiger charge is 2.19. The summed E-state index contributed by atoms with van der Waals surface area (Å²) in [6.07, 6.45) is 1.79. The van der Waals surface area contributed by atoms with Crippen molar-refractivity contribution in [1.82, 2.24) is 20.3 Å². The van der Waals surface area contributed by atoms with Gasteiger partial charge in [0.1, 0.15) is 5.69 Å². The van der Waals surface area contributed by atoms with Crippen molar-refractivity contribution in [3.8, 4) is 5.69 Å². The van der Waals surface area contributed by atoms with E-state index in [1.807, 2.05) is 23.9 Å². The molecule has 2 rings (SSSR count). The molecular formula is C14H18Cl2N4. The molecule has 1 N–H and O–H groups in total. The molecule has 0 bridgehead atoms. The van der Waals surface area contributed by atoms with Crippen LogP contribution >= 0.6 is 23.2 Å². The molecule has 108 valence electrons. The molecule has 0 aliphatic rings. The van der Waals surface area contributed by atoms with E-state index >= 15 is 0 Å². The molecule has 20 heavy (non-hydrogen) atoms. The Morgan fingerprint density at radius 2 is 1.85 bits per heavy atom. The Morgan fingerprint density at radius 3 is 2.35 bits per heavy atom. The average molecular weight is 313 g/mol. The van der Waals surface area contributed by atoms with Crippen molar-refractivity contribution in [1.29, 1.82) is 0 Å². The molecule has 1 atom stereocenters. The van der Waals surface area contributed by atoms with Crippen LogP contribution in [0.2, 0.25) is 10.0 Å². The molecular weight excluding hydrogens is 295 g/mol. The minimum Gasteiger partial charge on any atom is -0.312 e. The summed E-state index contributed by atoms with van der Waals surface area (Å²) in [6.45, 7) is 4.21. The highest BCUT2D eigenvalue weighted by molar-refractivity contribution is 6.34. The molecule has 0 aliphatic carbocycles. The summed E-state index contributed by atoms with van der Waals surface area (Å²) in [5, 5.41) is 13.0. The van der Waals surface area contributed by atoms with Gasteiger partial charge in [0, 0.05) is 10.0 Å². The van der Waals surface area contributed by atoms with Crippen LogP contribution in [0.5, 0.6) is 0 Å². The maximum absolute atomic E-state index is 6.06. The van der Waals surface area contributed by atoms with Crippen molar-refractivity contribution < 1.29 is 0 Å². The van der Waals surface area contributed by atoms with Crippen LogP contribution in [0.25, 0.3) is 5.69 Å². The van der Waals surface area contributed by atoms with Crippen LogP contribution in [0.4, 0.5) is 0 Å². The van der Waals surface area contributed by atoms with Crippen molar-refractivity contribution in [3.63, 3.8) is 0 Å². The van der Waals surface area contributed by atoms with Crippen molar-refractivity contribution in [2.75, 3.05) is 7.05 Å². The molecule has 1 unspecified atom stereocenters. The maximum atomic E-state index is 6.06. The molecule has 1 heterocycles. The fourth-order valence-electron chi connectivity index (χ4n) is 2.32. The SMILES string of the molecule is CCc1c(C(CC)NC)nnn1-c1cc(Cl)cc(Cl)c1. The Hall–Kier alpha value is -1.10. The zero-order chi connectivity index (χ0) is 14.7. The standard InChI is InChI=1S/C14H18Cl2N4/c1-4-12(17-3)14-13(5-2)20(19-18-14)11-7-9(15)6-10(16)8-11/h6-8,12,17H,4-5H2,1-3H3. The third-order valence-electron chi connectivity index (χ3n) is 3.31. The number of halogens is 2. The van der Waals surface area contributed by atoms with Gasteiger partial charge in [0.25, 0.3) is 0 Å². The van der Waals surface area contributed by atoms with Gasteiger partial charge in [0.15, 0.2) is 0 Å². The van der Waals surface area contributed by atoms with Crippen molar-refractivity contribution in [2.45, 2.75) is 32.7 Å². The number of aromatic nitrogens is 3. The molecule has 0 spiro atoms. The van der Waals surface area contributed by atoms with Gasteiger partial charge in [0.2, 0.25) is 0 Å². The summed E-state index contributed by atoms with van der Waals surface area (Å²) in [6, 6.07) is 5.59. The number of hydrogen-bond donors (Lipinski definition) is 1. The molecule has 0 fully saturated rings. The number of rotatable bonds is 5. The summed E-state index contributed by atoms with van der Waals surface area (Å²) in [5.41, 5.74) is 2.89. The maximum Gasteiger partial charge on any atom is 0.103 e. The quantitative estimate of drug-likeness (QED) is 0.913. The number of nitrogens with one attached hydrogen (secondary N) is 1. The van der Waals surface area contributed by atoms with Gasteiger partial charge in [-0.1, -0.05) is 42.3 Å². The lowest BCUT2D eigenvalue weighted by Crippen LogP contribution is -2.17. The number of nitrogens with zero attached hydrogens (tertiary/aromatic N) is 3. The third-order valence-corrected chi connectivity index (χ3v) is 3.74. The predicted octanol–water partition coefficient (Wildman–Crippen LogP) is 3.81. The molecule has 1 aromatic carbocycles. The van der Waals surface area contributed by atoms with Crippen LogP contribution in [-0.4, -0.2) is 22.0 Å². The molecule has 4 nitrogen and oxygen atoms in total. The van der Waals surface area contributed by atoms with Gasteiger partial charge < -0.3 is 5.32 Å². The molecule has 6 heteroatoms. The molecule has 0 saturated heterocycles. The first kappa shape index (κ1) is 15.3. The van der Waals surface area contributed by atoms with Crippen molar-refractivity contribution in [3.05, 3.63) is 39.6 Å². The molecule has 0 saturated carbocycles. The van der Waals surface area contributed by atoms with E-state index in [1.165, 1.54) is 0 Å². The van der Waals surface area contributed by atoms with Gasteiger partial charge in [-0.2, -0.15) is 0 Å². The minimum absolute atomic E-state index is 0.202. The molecule has 0 amide bonds. The summed E-state index contributed by atoms with van der Waals surface area (Å²) in [5.74, 6) is 0. The van der Waals surface area contributed by atoms with Crippen LogP contribution in [-0.2, 0) is 6.42 Å². The van der Waals surface area contributed by atoms with E-state index < -0.39 is 0 Å². The van der Waals surface area contributed by atoms with Gasteiger partial charge in [0.05, 0.1) is 17.4 Å². The first-order valence-electron chi connectivity index (χ1n) is 6.68. The summed E-state index contributed by atoms with van der Waals surface area (Å²) in [7, 11) is 1.93. The topological polar surface area (TPSA) is 42.7 Å². The first-order chi connectivity index (χ1) is 9.60. The lowest BCUT2D eigenvalue weighted by atomic mass is 10.1. The van der Waals surface area contributed by atoms with Gasteiger partial charge in [-0.05, 0) is 38.1 Å². The van der Waals surface area contributed by atoms with Crippen LogP contribution in [0, 0.1) is 0 Å². The Bertz CT molecular complexity index is 571. The fourth-order valence-corrected chi connectivity index (χ4v) is 2.83. The van der Waals surface area contributed by atoms with Crippen molar-refractivity contribution >= 4 is 23.2 Å². The summed E-state index contributed by atoms with van der Waals surface area (Å²) < 4.78 is 1.81. The first-order valence-corrected chi connectivity index (χ1v) is 7.44. The highest BCUT2D eigenvalue weighted by atomic mass is 35.5. The number of hydrogen-bond acceptors (Lipinski definition) is 3. The Morgan fingerprint density at radius 1 is 1.20 bits per heavy atom.